The highest BCUT2D eigenvalue weighted by molar-refractivity contribution is 9.10. The predicted molar refractivity (Wildman–Crippen MR) is 79.5 cm³/mol. The van der Waals surface area contributed by atoms with Crippen LogP contribution < -0.4 is 15.4 Å². The zero-order valence-corrected chi connectivity index (χ0v) is 12.8. The summed E-state index contributed by atoms with van der Waals surface area (Å²) in [5, 5.41) is 6.27. The molecular weight excluding hydrogens is 308 g/mol. The number of carbonyl (C=O) groups is 1. The zero-order valence-electron chi connectivity index (χ0n) is 11.3. The molecule has 1 saturated heterocycles. The molecule has 1 aromatic carbocycles. The van der Waals surface area contributed by atoms with E-state index in [1.165, 1.54) is 0 Å². The standard InChI is InChI=1S/C14H19BrN2O2/c1-3-14(6-7-16-9-14)13(18)17-10-4-5-12(19-2)11(15)8-10/h4-5,8,16H,3,6-7,9H2,1-2H3,(H,17,18). The Kier molecular flexibility index (Phi) is 4.47. The maximum atomic E-state index is 12.4. The number of hydrogen-bond donors (Lipinski definition) is 2. The minimum Gasteiger partial charge on any atom is -0.496 e. The van der Waals surface area contributed by atoms with Crippen LogP contribution in [0.3, 0.4) is 0 Å². The first-order chi connectivity index (χ1) is 9.11. The maximum Gasteiger partial charge on any atom is 0.231 e. The first-order valence-electron chi connectivity index (χ1n) is 6.47. The van der Waals surface area contributed by atoms with Gasteiger partial charge in [-0.05, 0) is 53.5 Å². The van der Waals surface area contributed by atoms with Crippen LogP contribution >= 0.6 is 15.9 Å². The maximum absolute atomic E-state index is 12.4. The number of nitrogens with one attached hydrogen (secondary N) is 2. The molecule has 0 saturated carbocycles. The number of hydrogen-bond acceptors (Lipinski definition) is 3. The summed E-state index contributed by atoms with van der Waals surface area (Å²) in [7, 11) is 1.62. The summed E-state index contributed by atoms with van der Waals surface area (Å²) in [6.45, 7) is 3.73. The molecule has 1 atom stereocenters. The van der Waals surface area contributed by atoms with Gasteiger partial charge in [0.1, 0.15) is 5.75 Å². The van der Waals surface area contributed by atoms with Gasteiger partial charge in [-0.2, -0.15) is 0 Å². The third-order valence-electron chi connectivity index (χ3n) is 3.81. The fraction of sp³-hybridized carbons (Fsp3) is 0.500. The summed E-state index contributed by atoms with van der Waals surface area (Å²) < 4.78 is 6.01. The number of benzene rings is 1. The number of halogens is 1. The lowest BCUT2D eigenvalue weighted by Gasteiger charge is -2.25. The normalized spacial score (nSPS) is 22.3. The summed E-state index contributed by atoms with van der Waals surface area (Å²) in [6, 6.07) is 5.56. The predicted octanol–water partition coefficient (Wildman–Crippen LogP) is 2.79. The molecule has 1 heterocycles. The number of ether oxygens (including phenoxy) is 1. The lowest BCUT2D eigenvalue weighted by Crippen LogP contribution is -2.37. The fourth-order valence-corrected chi connectivity index (χ4v) is 2.95. The van der Waals surface area contributed by atoms with Crippen LogP contribution in [0.2, 0.25) is 0 Å². The molecule has 0 radical (unpaired) electrons. The van der Waals surface area contributed by atoms with Crippen molar-refractivity contribution in [2.75, 3.05) is 25.5 Å². The Labute approximate surface area is 122 Å². The van der Waals surface area contributed by atoms with E-state index in [4.69, 9.17) is 4.74 Å². The lowest BCUT2D eigenvalue weighted by molar-refractivity contribution is -0.124. The van der Waals surface area contributed by atoms with E-state index in [2.05, 4.69) is 33.5 Å². The van der Waals surface area contributed by atoms with Gasteiger partial charge in [0.25, 0.3) is 0 Å². The van der Waals surface area contributed by atoms with Gasteiger partial charge in [-0.25, -0.2) is 0 Å². The highest BCUT2D eigenvalue weighted by atomic mass is 79.9. The Morgan fingerprint density at radius 3 is 2.89 bits per heavy atom. The Morgan fingerprint density at radius 1 is 1.58 bits per heavy atom. The van der Waals surface area contributed by atoms with Crippen molar-refractivity contribution in [3.8, 4) is 5.75 Å². The molecule has 4 nitrogen and oxygen atoms in total. The first-order valence-corrected chi connectivity index (χ1v) is 7.26. The molecule has 2 rings (SSSR count). The van der Waals surface area contributed by atoms with E-state index in [0.29, 0.717) is 0 Å². The summed E-state index contributed by atoms with van der Waals surface area (Å²) in [4.78, 5) is 12.4. The van der Waals surface area contributed by atoms with Crippen LogP contribution in [0.15, 0.2) is 22.7 Å². The molecule has 1 aliphatic heterocycles. The van der Waals surface area contributed by atoms with Gasteiger partial charge in [-0.1, -0.05) is 6.92 Å². The topological polar surface area (TPSA) is 50.4 Å². The summed E-state index contributed by atoms with van der Waals surface area (Å²) in [5.74, 6) is 0.850. The van der Waals surface area contributed by atoms with Crippen LogP contribution in [-0.4, -0.2) is 26.1 Å². The third-order valence-corrected chi connectivity index (χ3v) is 4.43. The molecule has 1 unspecified atom stereocenters. The largest absolute Gasteiger partial charge is 0.496 e. The van der Waals surface area contributed by atoms with Gasteiger partial charge >= 0.3 is 0 Å². The highest BCUT2D eigenvalue weighted by Crippen LogP contribution is 2.32. The molecular formula is C14H19BrN2O2. The number of methoxy groups -OCH3 is 1. The van der Waals surface area contributed by atoms with E-state index in [0.717, 1.165) is 41.8 Å². The Hall–Kier alpha value is -1.07. The molecule has 2 N–H and O–H groups in total. The second-order valence-electron chi connectivity index (χ2n) is 4.86. The molecule has 5 heteroatoms. The van der Waals surface area contributed by atoms with Gasteiger partial charge in [0.15, 0.2) is 0 Å². The van der Waals surface area contributed by atoms with Gasteiger partial charge in [-0.3, -0.25) is 4.79 Å². The van der Waals surface area contributed by atoms with Crippen molar-refractivity contribution in [2.24, 2.45) is 5.41 Å². The van der Waals surface area contributed by atoms with Gasteiger partial charge in [0.2, 0.25) is 5.91 Å². The van der Waals surface area contributed by atoms with Gasteiger partial charge in [0, 0.05) is 12.2 Å². The van der Waals surface area contributed by atoms with Gasteiger partial charge < -0.3 is 15.4 Å². The minimum atomic E-state index is -0.271. The van der Waals surface area contributed by atoms with Crippen molar-refractivity contribution in [2.45, 2.75) is 19.8 Å². The van der Waals surface area contributed by atoms with Gasteiger partial charge in [-0.15, -0.1) is 0 Å². The molecule has 0 spiro atoms. The molecule has 0 aliphatic carbocycles. The van der Waals surface area contributed by atoms with E-state index in [-0.39, 0.29) is 11.3 Å². The van der Waals surface area contributed by atoms with E-state index in [9.17, 15) is 4.79 Å². The smallest absolute Gasteiger partial charge is 0.231 e. The van der Waals surface area contributed by atoms with Crippen LogP contribution in [-0.2, 0) is 4.79 Å². The van der Waals surface area contributed by atoms with Crippen molar-refractivity contribution in [1.29, 1.82) is 0 Å². The average molecular weight is 327 g/mol. The molecule has 1 aromatic rings. The molecule has 1 amide bonds. The molecule has 19 heavy (non-hydrogen) atoms. The monoisotopic (exact) mass is 326 g/mol. The SMILES string of the molecule is CCC1(C(=O)Nc2ccc(OC)c(Br)c2)CCNC1. The quantitative estimate of drug-likeness (QED) is 0.894. The summed E-state index contributed by atoms with van der Waals surface area (Å²) in [5.41, 5.74) is 0.518. The summed E-state index contributed by atoms with van der Waals surface area (Å²) in [6.07, 6.45) is 1.75. The second-order valence-corrected chi connectivity index (χ2v) is 5.72. The third kappa shape index (κ3) is 2.92. The van der Waals surface area contributed by atoms with Crippen molar-refractivity contribution in [1.82, 2.24) is 5.32 Å². The van der Waals surface area contributed by atoms with Crippen molar-refractivity contribution < 1.29 is 9.53 Å². The Bertz CT molecular complexity index is 471. The summed E-state index contributed by atoms with van der Waals surface area (Å²) >= 11 is 3.42. The Morgan fingerprint density at radius 2 is 2.37 bits per heavy atom. The van der Waals surface area contributed by atoms with E-state index < -0.39 is 0 Å². The van der Waals surface area contributed by atoms with E-state index >= 15 is 0 Å². The van der Waals surface area contributed by atoms with E-state index in [1.807, 2.05) is 18.2 Å². The first kappa shape index (κ1) is 14.3. The van der Waals surface area contributed by atoms with Crippen molar-refractivity contribution in [3.05, 3.63) is 22.7 Å². The number of amides is 1. The molecule has 0 bridgehead atoms. The lowest BCUT2D eigenvalue weighted by atomic mass is 9.83. The van der Waals surface area contributed by atoms with E-state index in [1.54, 1.807) is 7.11 Å². The van der Waals surface area contributed by atoms with Crippen LogP contribution in [0, 0.1) is 5.41 Å². The fourth-order valence-electron chi connectivity index (χ4n) is 2.41. The average Bonchev–Trinajstić information content (AvgIpc) is 2.89. The zero-order chi connectivity index (χ0) is 13.9. The van der Waals surface area contributed by atoms with Crippen LogP contribution in [0.4, 0.5) is 5.69 Å². The van der Waals surface area contributed by atoms with Crippen LogP contribution in [0.1, 0.15) is 19.8 Å². The number of rotatable bonds is 4. The van der Waals surface area contributed by atoms with Crippen LogP contribution in [0.5, 0.6) is 5.75 Å². The molecule has 104 valence electrons. The number of anilines is 1. The minimum absolute atomic E-state index is 0.0945. The van der Waals surface area contributed by atoms with Crippen LogP contribution in [0.25, 0.3) is 0 Å². The van der Waals surface area contributed by atoms with Crippen molar-refractivity contribution in [3.63, 3.8) is 0 Å². The second kappa shape index (κ2) is 5.92. The van der Waals surface area contributed by atoms with Crippen molar-refractivity contribution >= 4 is 27.5 Å². The molecule has 1 fully saturated rings. The Balaban J connectivity index is 2.12. The molecule has 0 aromatic heterocycles. The molecule has 1 aliphatic rings. The highest BCUT2D eigenvalue weighted by Gasteiger charge is 2.39. The number of carbonyl (C=O) groups excluding carboxylic acids is 1. The van der Waals surface area contributed by atoms with Gasteiger partial charge in [0.05, 0.1) is 17.0 Å².